The first-order valence-electron chi connectivity index (χ1n) is 5.45. The fourth-order valence-corrected chi connectivity index (χ4v) is 2.45. The van der Waals surface area contributed by atoms with Gasteiger partial charge in [-0.2, -0.15) is 0 Å². The van der Waals surface area contributed by atoms with Crippen molar-refractivity contribution in [1.29, 1.82) is 0 Å². The molecule has 5 nitrogen and oxygen atoms in total. The van der Waals surface area contributed by atoms with Gasteiger partial charge >= 0.3 is 6.03 Å². The van der Waals surface area contributed by atoms with Gasteiger partial charge in [0.1, 0.15) is 5.54 Å². The van der Waals surface area contributed by atoms with Gasteiger partial charge in [0.15, 0.2) is 0 Å². The van der Waals surface area contributed by atoms with E-state index in [4.69, 9.17) is 5.73 Å². The number of nitrogens with two attached hydrogens (primary N) is 1. The van der Waals surface area contributed by atoms with Gasteiger partial charge < -0.3 is 11.1 Å². The molecule has 1 saturated carbocycles. The topological polar surface area (TPSA) is 75.4 Å². The maximum absolute atomic E-state index is 12.1. The number of hydrogen-bond acceptors (Lipinski definition) is 3. The smallest absolute Gasteiger partial charge is 0.325 e. The Morgan fingerprint density at radius 3 is 2.60 bits per heavy atom. The predicted octanol–water partition coefficient (Wildman–Crippen LogP) is 0.198. The molecule has 1 spiro atoms. The van der Waals surface area contributed by atoms with E-state index in [0.29, 0.717) is 6.54 Å². The minimum absolute atomic E-state index is 0.0812. The highest BCUT2D eigenvalue weighted by Gasteiger charge is 2.52. The predicted molar refractivity (Wildman–Crippen MR) is 55.1 cm³/mol. The van der Waals surface area contributed by atoms with E-state index >= 15 is 0 Å². The van der Waals surface area contributed by atoms with E-state index in [9.17, 15) is 9.59 Å². The minimum atomic E-state index is -0.591. The van der Waals surface area contributed by atoms with Crippen LogP contribution in [0.4, 0.5) is 4.79 Å². The molecule has 1 saturated heterocycles. The molecule has 2 rings (SSSR count). The van der Waals surface area contributed by atoms with Crippen LogP contribution < -0.4 is 11.1 Å². The van der Waals surface area contributed by atoms with Crippen molar-refractivity contribution in [3.63, 3.8) is 0 Å². The van der Waals surface area contributed by atoms with Crippen LogP contribution in [0.25, 0.3) is 0 Å². The first-order valence-corrected chi connectivity index (χ1v) is 5.45. The summed E-state index contributed by atoms with van der Waals surface area (Å²) in [6.07, 6.45) is 3.57. The van der Waals surface area contributed by atoms with Gasteiger partial charge in [-0.05, 0) is 19.8 Å². The molecule has 1 aliphatic carbocycles. The largest absolute Gasteiger partial charge is 0.326 e. The van der Waals surface area contributed by atoms with Crippen LogP contribution in [-0.4, -0.2) is 35.0 Å². The molecular formula is C10H17N3O2. The Balaban J connectivity index is 2.15. The zero-order valence-electron chi connectivity index (χ0n) is 8.95. The van der Waals surface area contributed by atoms with Crippen molar-refractivity contribution >= 4 is 11.9 Å². The Bertz CT molecular complexity index is 295. The second-order valence-electron chi connectivity index (χ2n) is 4.61. The summed E-state index contributed by atoms with van der Waals surface area (Å²) in [5.41, 5.74) is 5.02. The molecule has 1 unspecified atom stereocenters. The van der Waals surface area contributed by atoms with Crippen LogP contribution in [0.2, 0.25) is 0 Å². The first kappa shape index (κ1) is 10.4. The summed E-state index contributed by atoms with van der Waals surface area (Å²) in [6.45, 7) is 2.10. The van der Waals surface area contributed by atoms with E-state index in [0.717, 1.165) is 25.7 Å². The normalized spacial score (nSPS) is 26.1. The maximum Gasteiger partial charge on any atom is 0.325 e. The van der Waals surface area contributed by atoms with Crippen LogP contribution in [-0.2, 0) is 4.79 Å². The van der Waals surface area contributed by atoms with E-state index in [1.165, 1.54) is 4.90 Å². The fourth-order valence-electron chi connectivity index (χ4n) is 2.45. The van der Waals surface area contributed by atoms with E-state index in [2.05, 4.69) is 5.32 Å². The lowest BCUT2D eigenvalue weighted by Crippen LogP contribution is -2.45. The van der Waals surface area contributed by atoms with Crippen molar-refractivity contribution in [3.05, 3.63) is 0 Å². The lowest BCUT2D eigenvalue weighted by atomic mass is 9.98. The first-order chi connectivity index (χ1) is 7.05. The molecule has 0 radical (unpaired) electrons. The van der Waals surface area contributed by atoms with Crippen LogP contribution in [0.15, 0.2) is 0 Å². The quantitative estimate of drug-likeness (QED) is 0.640. The summed E-state index contributed by atoms with van der Waals surface area (Å²) in [7, 11) is 0. The van der Waals surface area contributed by atoms with E-state index in [1.54, 1.807) is 6.92 Å². The highest BCUT2D eigenvalue weighted by Crippen LogP contribution is 2.34. The molecule has 2 fully saturated rings. The van der Waals surface area contributed by atoms with Gasteiger partial charge in [0.2, 0.25) is 0 Å². The molecule has 5 heteroatoms. The highest BCUT2D eigenvalue weighted by atomic mass is 16.2. The number of rotatable bonds is 2. The second kappa shape index (κ2) is 3.48. The lowest BCUT2D eigenvalue weighted by molar-refractivity contribution is -0.131. The van der Waals surface area contributed by atoms with Crippen LogP contribution in [0, 0.1) is 0 Å². The molecule has 0 aromatic heterocycles. The number of nitrogens with zero attached hydrogens (tertiary/aromatic N) is 1. The maximum atomic E-state index is 12.1. The van der Waals surface area contributed by atoms with E-state index in [-0.39, 0.29) is 18.0 Å². The molecule has 1 heterocycles. The fraction of sp³-hybridized carbons (Fsp3) is 0.800. The van der Waals surface area contributed by atoms with Crippen molar-refractivity contribution < 1.29 is 9.59 Å². The Labute approximate surface area is 89.0 Å². The standard InChI is InChI=1S/C10H17N3O2/c1-7(11)6-13-8(14)10(12-9(13)15)4-2-3-5-10/h7H,2-6,11H2,1H3,(H,12,15). The van der Waals surface area contributed by atoms with Gasteiger partial charge in [-0.15, -0.1) is 0 Å². The minimum Gasteiger partial charge on any atom is -0.326 e. The summed E-state index contributed by atoms with van der Waals surface area (Å²) in [6, 6.07) is -0.449. The molecule has 0 aromatic rings. The Kier molecular flexibility index (Phi) is 2.42. The number of urea groups is 1. The summed E-state index contributed by atoms with van der Waals surface area (Å²) in [5.74, 6) is -0.0812. The third-order valence-corrected chi connectivity index (χ3v) is 3.17. The van der Waals surface area contributed by atoms with Crippen molar-refractivity contribution in [2.24, 2.45) is 5.73 Å². The number of carbonyl (C=O) groups is 2. The molecule has 15 heavy (non-hydrogen) atoms. The molecule has 0 bridgehead atoms. The number of nitrogens with one attached hydrogen (secondary N) is 1. The monoisotopic (exact) mass is 211 g/mol. The van der Waals surface area contributed by atoms with Crippen molar-refractivity contribution in [3.8, 4) is 0 Å². The molecule has 3 amide bonds. The lowest BCUT2D eigenvalue weighted by Gasteiger charge is -2.20. The third kappa shape index (κ3) is 1.61. The molecular weight excluding hydrogens is 194 g/mol. The average Bonchev–Trinajstić information content (AvgIpc) is 2.69. The highest BCUT2D eigenvalue weighted by molar-refractivity contribution is 6.07. The van der Waals surface area contributed by atoms with Gasteiger partial charge in [-0.25, -0.2) is 4.79 Å². The molecule has 84 valence electrons. The van der Waals surface area contributed by atoms with Gasteiger partial charge in [-0.3, -0.25) is 9.69 Å². The van der Waals surface area contributed by atoms with Gasteiger partial charge in [0, 0.05) is 12.6 Å². The van der Waals surface area contributed by atoms with E-state index < -0.39 is 5.54 Å². The number of carbonyl (C=O) groups excluding carboxylic acids is 2. The van der Waals surface area contributed by atoms with Crippen molar-refractivity contribution in [1.82, 2.24) is 10.2 Å². The SMILES string of the molecule is CC(N)CN1C(=O)NC2(CCCC2)C1=O. The zero-order chi connectivity index (χ0) is 11.1. The van der Waals surface area contributed by atoms with E-state index in [1.807, 2.05) is 0 Å². The van der Waals surface area contributed by atoms with Crippen LogP contribution in [0.1, 0.15) is 32.6 Å². The summed E-state index contributed by atoms with van der Waals surface area (Å²) in [4.78, 5) is 24.9. The Morgan fingerprint density at radius 1 is 1.47 bits per heavy atom. The van der Waals surface area contributed by atoms with Crippen molar-refractivity contribution in [2.75, 3.05) is 6.54 Å². The molecule has 2 aliphatic rings. The van der Waals surface area contributed by atoms with Crippen LogP contribution in [0.3, 0.4) is 0 Å². The summed E-state index contributed by atoms with van der Waals surface area (Å²) in [5, 5.41) is 2.82. The summed E-state index contributed by atoms with van der Waals surface area (Å²) >= 11 is 0. The number of imide groups is 1. The molecule has 3 N–H and O–H groups in total. The summed E-state index contributed by atoms with van der Waals surface area (Å²) < 4.78 is 0. The number of hydrogen-bond donors (Lipinski definition) is 2. The van der Waals surface area contributed by atoms with Gasteiger partial charge in [-0.1, -0.05) is 12.8 Å². The molecule has 0 aromatic carbocycles. The average molecular weight is 211 g/mol. The molecule has 1 aliphatic heterocycles. The third-order valence-electron chi connectivity index (χ3n) is 3.17. The van der Waals surface area contributed by atoms with Crippen LogP contribution in [0.5, 0.6) is 0 Å². The van der Waals surface area contributed by atoms with Gasteiger partial charge in [0.05, 0.1) is 0 Å². The Hall–Kier alpha value is -1.10. The Morgan fingerprint density at radius 2 is 2.07 bits per heavy atom. The zero-order valence-corrected chi connectivity index (χ0v) is 8.95. The van der Waals surface area contributed by atoms with Crippen molar-refractivity contribution in [2.45, 2.75) is 44.2 Å². The van der Waals surface area contributed by atoms with Crippen LogP contribution >= 0.6 is 0 Å². The molecule has 1 atom stereocenters. The second-order valence-corrected chi connectivity index (χ2v) is 4.61. The van der Waals surface area contributed by atoms with Gasteiger partial charge in [0.25, 0.3) is 5.91 Å². The number of amides is 3.